The molecule has 0 unspecified atom stereocenters. The summed E-state index contributed by atoms with van der Waals surface area (Å²) in [6.07, 6.45) is 4.60. The molecule has 0 saturated carbocycles. The number of aliphatic hydroxyl groups excluding tert-OH is 1. The fourth-order valence-corrected chi connectivity index (χ4v) is 3.63. The van der Waals surface area contributed by atoms with Crippen LogP contribution in [0.15, 0.2) is 30.3 Å². The molecule has 3 atom stereocenters. The highest BCUT2D eigenvalue weighted by Gasteiger charge is 2.30. The van der Waals surface area contributed by atoms with Crippen LogP contribution in [0.5, 0.6) is 0 Å². The first-order valence-corrected chi connectivity index (χ1v) is 9.39. The minimum Gasteiger partial charge on any atom is -0.396 e. The third-order valence-electron chi connectivity index (χ3n) is 5.05. The van der Waals surface area contributed by atoms with E-state index in [0.717, 1.165) is 39.1 Å². The van der Waals surface area contributed by atoms with E-state index in [-0.39, 0.29) is 6.61 Å². The molecule has 0 aliphatic carbocycles. The normalized spacial score (nSPS) is 23.3. The smallest absolute Gasteiger partial charge is 0.0615 e. The molecule has 0 radical (unpaired) electrons. The molecule has 1 aromatic carbocycles. The van der Waals surface area contributed by atoms with Crippen molar-refractivity contribution in [2.24, 2.45) is 5.92 Å². The number of methoxy groups -OCH3 is 1. The zero-order valence-corrected chi connectivity index (χ0v) is 15.3. The number of likely N-dealkylation sites (tertiary alicyclic amines) is 1. The average Bonchev–Trinajstić information content (AvgIpc) is 2.61. The summed E-state index contributed by atoms with van der Waals surface area (Å²) in [6.45, 7) is 6.27. The van der Waals surface area contributed by atoms with Crippen molar-refractivity contribution >= 4 is 0 Å². The molecule has 24 heavy (non-hydrogen) atoms. The number of ether oxygens (including phenoxy) is 1. The van der Waals surface area contributed by atoms with Crippen molar-refractivity contribution in [3.63, 3.8) is 0 Å². The van der Waals surface area contributed by atoms with Crippen molar-refractivity contribution in [1.82, 2.24) is 10.2 Å². The van der Waals surface area contributed by atoms with Crippen LogP contribution in [0.3, 0.4) is 0 Å². The Labute approximate surface area is 147 Å². The van der Waals surface area contributed by atoms with E-state index in [9.17, 15) is 5.11 Å². The predicted molar refractivity (Wildman–Crippen MR) is 99.0 cm³/mol. The summed E-state index contributed by atoms with van der Waals surface area (Å²) in [6, 6.07) is 11.4. The number of unbranched alkanes of at least 4 members (excludes halogenated alkanes) is 1. The summed E-state index contributed by atoms with van der Waals surface area (Å²) in [5, 5.41) is 13.5. The van der Waals surface area contributed by atoms with E-state index in [1.807, 2.05) is 0 Å². The maximum absolute atomic E-state index is 9.77. The molecule has 4 nitrogen and oxygen atoms in total. The standard InChI is InChI=1S/C20H34N2O2/c1-3-4-10-19(16-24-2)21-20-14-22(12-11-18(20)15-23)13-17-8-6-5-7-9-17/h5-9,18-21,23H,3-4,10-16H2,1-2H3/t18-,19-,20+/m1/s1. The third-order valence-corrected chi connectivity index (χ3v) is 5.05. The fraction of sp³-hybridized carbons (Fsp3) is 0.700. The van der Waals surface area contributed by atoms with Crippen molar-refractivity contribution in [3.05, 3.63) is 35.9 Å². The summed E-state index contributed by atoms with van der Waals surface area (Å²) in [4.78, 5) is 2.50. The zero-order chi connectivity index (χ0) is 17.2. The van der Waals surface area contributed by atoms with Gasteiger partial charge in [-0.25, -0.2) is 0 Å². The van der Waals surface area contributed by atoms with Crippen LogP contribution in [-0.4, -0.2) is 55.5 Å². The number of hydrogen-bond donors (Lipinski definition) is 2. The maximum atomic E-state index is 9.77. The molecule has 0 spiro atoms. The van der Waals surface area contributed by atoms with Gasteiger partial charge in [0.05, 0.1) is 6.61 Å². The Kier molecular flexibility index (Phi) is 8.75. The number of nitrogens with one attached hydrogen (secondary N) is 1. The molecule has 0 bridgehead atoms. The number of aliphatic hydroxyl groups is 1. The first-order chi connectivity index (χ1) is 11.8. The molecule has 1 fully saturated rings. The summed E-state index contributed by atoms with van der Waals surface area (Å²) in [7, 11) is 1.77. The first kappa shape index (κ1) is 19.4. The van der Waals surface area contributed by atoms with Gasteiger partial charge in [0.1, 0.15) is 0 Å². The second-order valence-electron chi connectivity index (χ2n) is 7.02. The van der Waals surface area contributed by atoms with Gasteiger partial charge >= 0.3 is 0 Å². The molecule has 2 N–H and O–H groups in total. The summed E-state index contributed by atoms with van der Waals surface area (Å²) in [5.74, 6) is 0.345. The minimum absolute atomic E-state index is 0.268. The van der Waals surface area contributed by atoms with Crippen molar-refractivity contribution < 1.29 is 9.84 Å². The molecule has 1 heterocycles. The van der Waals surface area contributed by atoms with Crippen LogP contribution in [0, 0.1) is 5.92 Å². The van der Waals surface area contributed by atoms with Gasteiger partial charge in [-0.3, -0.25) is 4.90 Å². The quantitative estimate of drug-likeness (QED) is 0.690. The van der Waals surface area contributed by atoms with E-state index in [2.05, 4.69) is 47.5 Å². The molecular weight excluding hydrogens is 300 g/mol. The van der Waals surface area contributed by atoms with E-state index in [1.165, 1.54) is 18.4 Å². The van der Waals surface area contributed by atoms with Gasteiger partial charge in [0.15, 0.2) is 0 Å². The Bertz CT molecular complexity index is 441. The summed E-state index contributed by atoms with van der Waals surface area (Å²) < 4.78 is 5.40. The summed E-state index contributed by atoms with van der Waals surface area (Å²) >= 11 is 0. The lowest BCUT2D eigenvalue weighted by atomic mass is 9.91. The Morgan fingerprint density at radius 3 is 2.79 bits per heavy atom. The predicted octanol–water partition coefficient (Wildman–Crippen LogP) is 2.66. The SMILES string of the molecule is CCCC[C@H](COC)N[C@H]1CN(Cc2ccccc2)CC[C@@H]1CO. The Morgan fingerprint density at radius 2 is 2.12 bits per heavy atom. The van der Waals surface area contributed by atoms with E-state index in [1.54, 1.807) is 7.11 Å². The number of piperidine rings is 1. The van der Waals surface area contributed by atoms with Crippen molar-refractivity contribution in [2.75, 3.05) is 33.4 Å². The van der Waals surface area contributed by atoms with Gasteiger partial charge in [-0.1, -0.05) is 50.1 Å². The van der Waals surface area contributed by atoms with Gasteiger partial charge in [0.25, 0.3) is 0 Å². The second-order valence-corrected chi connectivity index (χ2v) is 7.02. The van der Waals surface area contributed by atoms with Gasteiger partial charge in [-0.05, 0) is 30.9 Å². The first-order valence-electron chi connectivity index (χ1n) is 9.39. The fourth-order valence-electron chi connectivity index (χ4n) is 3.63. The van der Waals surface area contributed by atoms with Crippen molar-refractivity contribution in [1.29, 1.82) is 0 Å². The van der Waals surface area contributed by atoms with Gasteiger partial charge in [0, 0.05) is 38.9 Å². The van der Waals surface area contributed by atoms with E-state index in [4.69, 9.17) is 4.74 Å². The highest BCUT2D eigenvalue weighted by Crippen LogP contribution is 2.20. The monoisotopic (exact) mass is 334 g/mol. The van der Waals surface area contributed by atoms with Crippen LogP contribution in [0.1, 0.15) is 38.2 Å². The molecule has 1 aliphatic heterocycles. The third kappa shape index (κ3) is 6.17. The van der Waals surface area contributed by atoms with Gasteiger partial charge in [-0.15, -0.1) is 0 Å². The van der Waals surface area contributed by atoms with Crippen LogP contribution >= 0.6 is 0 Å². The number of benzene rings is 1. The lowest BCUT2D eigenvalue weighted by molar-refractivity contribution is 0.0726. The molecule has 1 saturated heterocycles. The average molecular weight is 335 g/mol. The lowest BCUT2D eigenvalue weighted by Crippen LogP contribution is -2.55. The van der Waals surface area contributed by atoms with E-state index < -0.39 is 0 Å². The largest absolute Gasteiger partial charge is 0.396 e. The molecule has 1 aromatic rings. The van der Waals surface area contributed by atoms with Crippen LogP contribution in [0.4, 0.5) is 0 Å². The molecule has 1 aliphatic rings. The Morgan fingerprint density at radius 1 is 1.33 bits per heavy atom. The van der Waals surface area contributed by atoms with Gasteiger partial charge in [-0.2, -0.15) is 0 Å². The second kappa shape index (κ2) is 10.8. The van der Waals surface area contributed by atoms with Crippen molar-refractivity contribution in [3.8, 4) is 0 Å². The molecule has 0 amide bonds. The van der Waals surface area contributed by atoms with Crippen LogP contribution < -0.4 is 5.32 Å². The van der Waals surface area contributed by atoms with Crippen LogP contribution in [0.2, 0.25) is 0 Å². The molecule has 4 heteroatoms. The highest BCUT2D eigenvalue weighted by molar-refractivity contribution is 5.14. The summed E-state index contributed by atoms with van der Waals surface area (Å²) in [5.41, 5.74) is 1.36. The highest BCUT2D eigenvalue weighted by atomic mass is 16.5. The Hall–Kier alpha value is -0.940. The molecule has 0 aromatic heterocycles. The Balaban J connectivity index is 1.93. The van der Waals surface area contributed by atoms with E-state index in [0.29, 0.717) is 18.0 Å². The molecule has 136 valence electrons. The topological polar surface area (TPSA) is 44.7 Å². The van der Waals surface area contributed by atoms with Gasteiger partial charge < -0.3 is 15.2 Å². The molecular formula is C20H34N2O2. The van der Waals surface area contributed by atoms with Gasteiger partial charge in [0.2, 0.25) is 0 Å². The number of rotatable bonds is 10. The van der Waals surface area contributed by atoms with E-state index >= 15 is 0 Å². The minimum atomic E-state index is 0.268. The van der Waals surface area contributed by atoms with Crippen molar-refractivity contribution in [2.45, 2.75) is 51.2 Å². The van der Waals surface area contributed by atoms with Crippen LogP contribution in [0.25, 0.3) is 0 Å². The van der Waals surface area contributed by atoms with Crippen LogP contribution in [-0.2, 0) is 11.3 Å². The lowest BCUT2D eigenvalue weighted by Gasteiger charge is -2.40. The maximum Gasteiger partial charge on any atom is 0.0615 e. The molecule has 2 rings (SSSR count). The zero-order valence-electron chi connectivity index (χ0n) is 15.3. The number of hydrogen-bond acceptors (Lipinski definition) is 4. The number of nitrogens with zero attached hydrogens (tertiary/aromatic N) is 1.